The zero-order chi connectivity index (χ0) is 20.3. The highest BCUT2D eigenvalue weighted by atomic mass is 32.2. The summed E-state index contributed by atoms with van der Waals surface area (Å²) in [5.74, 6) is 0.590. The van der Waals surface area contributed by atoms with Gasteiger partial charge in [0.2, 0.25) is 0 Å². The number of halogens is 3. The maximum absolute atomic E-state index is 13.1. The van der Waals surface area contributed by atoms with Crippen LogP contribution in [0.4, 0.5) is 13.2 Å². The van der Waals surface area contributed by atoms with Crippen LogP contribution in [0.2, 0.25) is 0 Å². The first-order valence-corrected chi connectivity index (χ1v) is 10.1. The largest absolute Gasteiger partial charge is 0.416 e. The molecule has 1 heterocycles. The van der Waals surface area contributed by atoms with Gasteiger partial charge in [0.1, 0.15) is 0 Å². The number of alkyl halides is 3. The molecule has 29 heavy (non-hydrogen) atoms. The summed E-state index contributed by atoms with van der Waals surface area (Å²) in [5.41, 5.74) is 0.490. The lowest BCUT2D eigenvalue weighted by Gasteiger charge is -2.27. The van der Waals surface area contributed by atoms with Crippen molar-refractivity contribution in [3.05, 3.63) is 102 Å². The van der Waals surface area contributed by atoms with Crippen molar-refractivity contribution in [2.75, 3.05) is 5.75 Å². The second-order valence-corrected chi connectivity index (χ2v) is 7.90. The van der Waals surface area contributed by atoms with Crippen LogP contribution in [0.25, 0.3) is 0 Å². The number of hydrogen-bond acceptors (Lipinski definition) is 3. The van der Waals surface area contributed by atoms with Gasteiger partial charge in [0.05, 0.1) is 11.3 Å². The van der Waals surface area contributed by atoms with Gasteiger partial charge in [-0.25, -0.2) is 0 Å². The van der Waals surface area contributed by atoms with Gasteiger partial charge in [-0.2, -0.15) is 13.2 Å². The molecule has 0 unspecified atom stereocenters. The van der Waals surface area contributed by atoms with Crippen LogP contribution in [0, 0.1) is 0 Å². The molecule has 0 fully saturated rings. The average molecular weight is 413 g/mol. The molecule has 1 atom stereocenters. The van der Waals surface area contributed by atoms with Crippen LogP contribution >= 0.6 is 11.8 Å². The highest BCUT2D eigenvalue weighted by molar-refractivity contribution is 7.99. The van der Waals surface area contributed by atoms with E-state index in [4.69, 9.17) is 4.84 Å². The van der Waals surface area contributed by atoms with Crippen LogP contribution in [0.1, 0.15) is 23.1 Å². The molecule has 4 rings (SSSR count). The van der Waals surface area contributed by atoms with Gasteiger partial charge in [-0.15, -0.1) is 11.8 Å². The number of rotatable bonds is 5. The molecule has 148 valence electrons. The molecule has 0 spiro atoms. The van der Waals surface area contributed by atoms with Crippen molar-refractivity contribution in [1.82, 2.24) is 0 Å². The standard InChI is InChI=1S/C23H18F3NOS/c24-23(25,26)19-11-7-8-17(14-19)21-15-22(28-27-21,18-9-3-1-4-10-18)16-29-20-12-5-2-6-13-20/h1-14H,15-16H2/t22-/m1/s1. The van der Waals surface area contributed by atoms with E-state index in [1.165, 1.54) is 6.07 Å². The first-order chi connectivity index (χ1) is 14.0. The third-order valence-corrected chi connectivity index (χ3v) is 6.04. The molecule has 3 aromatic rings. The zero-order valence-corrected chi connectivity index (χ0v) is 16.2. The summed E-state index contributed by atoms with van der Waals surface area (Å²) in [6.07, 6.45) is -3.99. The second-order valence-electron chi connectivity index (χ2n) is 6.85. The molecule has 0 aliphatic carbocycles. The number of hydrogen-bond donors (Lipinski definition) is 0. The predicted octanol–water partition coefficient (Wildman–Crippen LogP) is 6.52. The second kappa shape index (κ2) is 7.95. The van der Waals surface area contributed by atoms with E-state index in [9.17, 15) is 13.2 Å². The summed E-state index contributed by atoms with van der Waals surface area (Å²) in [6.45, 7) is 0. The Morgan fingerprint density at radius 3 is 2.28 bits per heavy atom. The van der Waals surface area contributed by atoms with E-state index in [-0.39, 0.29) is 0 Å². The maximum Gasteiger partial charge on any atom is 0.416 e. The number of benzene rings is 3. The van der Waals surface area contributed by atoms with Crippen LogP contribution in [0.15, 0.2) is 95.0 Å². The van der Waals surface area contributed by atoms with E-state index >= 15 is 0 Å². The van der Waals surface area contributed by atoms with Crippen LogP contribution < -0.4 is 0 Å². The molecule has 1 aliphatic heterocycles. The topological polar surface area (TPSA) is 21.6 Å². The summed E-state index contributed by atoms with van der Waals surface area (Å²) < 4.78 is 39.3. The van der Waals surface area contributed by atoms with Crippen LogP contribution in [-0.2, 0) is 16.6 Å². The lowest BCUT2D eigenvalue weighted by molar-refractivity contribution is -0.137. The van der Waals surface area contributed by atoms with Gasteiger partial charge >= 0.3 is 6.18 Å². The molecular weight excluding hydrogens is 395 g/mol. The van der Waals surface area contributed by atoms with E-state index in [0.29, 0.717) is 23.4 Å². The minimum absolute atomic E-state index is 0.401. The van der Waals surface area contributed by atoms with Gasteiger partial charge in [0, 0.05) is 22.6 Å². The molecule has 1 aliphatic rings. The molecule has 6 heteroatoms. The third-order valence-electron chi connectivity index (χ3n) is 4.82. The highest BCUT2D eigenvalue weighted by Gasteiger charge is 2.42. The predicted molar refractivity (Wildman–Crippen MR) is 109 cm³/mol. The fraction of sp³-hybridized carbons (Fsp3) is 0.174. The zero-order valence-electron chi connectivity index (χ0n) is 15.4. The summed E-state index contributed by atoms with van der Waals surface area (Å²) in [4.78, 5) is 7.02. The van der Waals surface area contributed by atoms with E-state index in [1.807, 2.05) is 60.7 Å². The smallest absolute Gasteiger partial charge is 0.383 e. The van der Waals surface area contributed by atoms with Crippen molar-refractivity contribution < 1.29 is 18.0 Å². The maximum atomic E-state index is 13.1. The monoisotopic (exact) mass is 413 g/mol. The van der Waals surface area contributed by atoms with Crippen molar-refractivity contribution in [1.29, 1.82) is 0 Å². The number of nitrogens with zero attached hydrogens (tertiary/aromatic N) is 1. The fourth-order valence-corrected chi connectivity index (χ4v) is 4.35. The van der Waals surface area contributed by atoms with Crippen molar-refractivity contribution in [3.63, 3.8) is 0 Å². The van der Waals surface area contributed by atoms with Crippen LogP contribution in [0.3, 0.4) is 0 Å². The summed E-state index contributed by atoms with van der Waals surface area (Å²) in [5, 5.41) is 4.21. The van der Waals surface area contributed by atoms with Gasteiger partial charge in [0.25, 0.3) is 0 Å². The van der Waals surface area contributed by atoms with Crippen LogP contribution in [0.5, 0.6) is 0 Å². The van der Waals surface area contributed by atoms with Crippen molar-refractivity contribution in [3.8, 4) is 0 Å². The molecule has 0 radical (unpaired) electrons. The lowest BCUT2D eigenvalue weighted by Crippen LogP contribution is -2.29. The first-order valence-electron chi connectivity index (χ1n) is 9.12. The van der Waals surface area contributed by atoms with E-state index in [1.54, 1.807) is 17.8 Å². The van der Waals surface area contributed by atoms with Gasteiger partial charge < -0.3 is 4.84 Å². The minimum atomic E-state index is -4.39. The molecular formula is C23H18F3NOS. The molecule has 0 saturated heterocycles. The summed E-state index contributed by atoms with van der Waals surface area (Å²) in [7, 11) is 0. The Bertz CT molecular complexity index is 1010. The van der Waals surface area contributed by atoms with Crippen molar-refractivity contribution in [2.45, 2.75) is 23.1 Å². The first kappa shape index (κ1) is 19.6. The highest BCUT2D eigenvalue weighted by Crippen LogP contribution is 2.41. The Morgan fingerprint density at radius 1 is 0.897 bits per heavy atom. The van der Waals surface area contributed by atoms with Crippen molar-refractivity contribution >= 4 is 17.5 Å². The number of thioether (sulfide) groups is 1. The summed E-state index contributed by atoms with van der Waals surface area (Å²) >= 11 is 1.64. The van der Waals surface area contributed by atoms with E-state index in [0.717, 1.165) is 22.6 Å². The quantitative estimate of drug-likeness (QED) is 0.444. The SMILES string of the molecule is FC(F)(F)c1cccc(C2=NO[C@](CSc3ccccc3)(c3ccccc3)C2)c1. The minimum Gasteiger partial charge on any atom is -0.383 e. The van der Waals surface area contributed by atoms with Gasteiger partial charge in [0.15, 0.2) is 5.60 Å². The normalized spacial score (nSPS) is 18.9. The molecule has 0 bridgehead atoms. The van der Waals surface area contributed by atoms with Gasteiger partial charge in [-0.05, 0) is 29.8 Å². The lowest BCUT2D eigenvalue weighted by atomic mass is 9.88. The average Bonchev–Trinajstić information content (AvgIpc) is 3.19. The Hall–Kier alpha value is -2.73. The van der Waals surface area contributed by atoms with Crippen molar-refractivity contribution in [2.24, 2.45) is 5.16 Å². The third kappa shape index (κ3) is 4.32. The Balaban J connectivity index is 1.61. The fourth-order valence-electron chi connectivity index (χ4n) is 3.28. The van der Waals surface area contributed by atoms with Crippen LogP contribution in [-0.4, -0.2) is 11.5 Å². The molecule has 0 amide bonds. The van der Waals surface area contributed by atoms with E-state index in [2.05, 4.69) is 5.16 Å². The Morgan fingerprint density at radius 2 is 1.59 bits per heavy atom. The van der Waals surface area contributed by atoms with Gasteiger partial charge in [-0.1, -0.05) is 65.8 Å². The van der Waals surface area contributed by atoms with E-state index < -0.39 is 17.3 Å². The Labute approximate surface area is 171 Å². The molecule has 0 saturated carbocycles. The van der Waals surface area contributed by atoms with Gasteiger partial charge in [-0.3, -0.25) is 0 Å². The molecule has 2 nitrogen and oxygen atoms in total. The Kier molecular flexibility index (Phi) is 5.37. The number of oxime groups is 1. The molecule has 0 N–H and O–H groups in total. The summed E-state index contributed by atoms with van der Waals surface area (Å²) in [6, 6.07) is 24.9. The molecule has 0 aromatic heterocycles. The molecule has 3 aromatic carbocycles.